The number of benzene rings is 1. The number of carbonyl (C=O) groups is 1. The van der Waals surface area contributed by atoms with Gasteiger partial charge in [-0.25, -0.2) is 15.2 Å². The molecule has 0 saturated carbocycles. The molecule has 0 bridgehead atoms. The quantitative estimate of drug-likeness (QED) is 0.527. The van der Waals surface area contributed by atoms with E-state index >= 15 is 0 Å². The summed E-state index contributed by atoms with van der Waals surface area (Å²) >= 11 is 0. The van der Waals surface area contributed by atoms with Crippen molar-refractivity contribution in [3.8, 4) is 0 Å². The molecule has 3 aliphatic rings. The maximum atomic E-state index is 13.4. The number of amides is 2. The molecule has 0 radical (unpaired) electrons. The van der Waals surface area contributed by atoms with E-state index in [-0.39, 0.29) is 18.1 Å². The lowest BCUT2D eigenvalue weighted by molar-refractivity contribution is 0.139. The summed E-state index contributed by atoms with van der Waals surface area (Å²) < 4.78 is 2.06. The molecule has 4 atom stereocenters. The molecule has 3 N–H and O–H groups in total. The maximum Gasteiger partial charge on any atom is 0.317 e. The third kappa shape index (κ3) is 4.61. The number of aromatic nitrogens is 2. The Hall–Kier alpha value is -2.94. The van der Waals surface area contributed by atoms with Crippen molar-refractivity contribution in [1.82, 2.24) is 35.4 Å². The number of pyridine rings is 1. The highest BCUT2D eigenvalue weighted by molar-refractivity contribution is 5.74. The molecule has 3 unspecified atom stereocenters. The first-order valence-electron chi connectivity index (χ1n) is 13.3. The summed E-state index contributed by atoms with van der Waals surface area (Å²) in [5.41, 5.74) is 13.3. The van der Waals surface area contributed by atoms with E-state index in [0.717, 1.165) is 57.6 Å². The van der Waals surface area contributed by atoms with Crippen molar-refractivity contribution in [2.24, 2.45) is 5.92 Å². The Morgan fingerprint density at radius 1 is 1.08 bits per heavy atom. The van der Waals surface area contributed by atoms with E-state index in [1.54, 1.807) is 0 Å². The van der Waals surface area contributed by atoms with Gasteiger partial charge < -0.3 is 14.6 Å². The zero-order valence-electron chi connectivity index (χ0n) is 21.3. The molecule has 3 fully saturated rings. The molecule has 6 rings (SSSR count). The molecule has 8 heteroatoms. The molecular formula is C28H37N7O. The van der Waals surface area contributed by atoms with Crippen molar-refractivity contribution in [3.63, 3.8) is 0 Å². The number of hydrazine groups is 1. The zero-order valence-corrected chi connectivity index (χ0v) is 21.3. The van der Waals surface area contributed by atoms with E-state index < -0.39 is 0 Å². The summed E-state index contributed by atoms with van der Waals surface area (Å²) in [6.45, 7) is 8.89. The summed E-state index contributed by atoms with van der Waals surface area (Å²) in [6.07, 6.45) is 9.07. The fourth-order valence-electron chi connectivity index (χ4n) is 6.34. The van der Waals surface area contributed by atoms with Crippen LogP contribution in [0.1, 0.15) is 47.6 Å². The summed E-state index contributed by atoms with van der Waals surface area (Å²) in [5, 5.41) is 3.38. The van der Waals surface area contributed by atoms with Crippen molar-refractivity contribution in [3.05, 3.63) is 71.2 Å². The van der Waals surface area contributed by atoms with Gasteiger partial charge in [0.25, 0.3) is 0 Å². The topological polar surface area (TPSA) is 76.9 Å². The second kappa shape index (κ2) is 9.84. The Morgan fingerprint density at radius 3 is 2.81 bits per heavy atom. The molecule has 2 amide bonds. The summed E-state index contributed by atoms with van der Waals surface area (Å²) in [6, 6.07) is 11.6. The second-order valence-corrected chi connectivity index (χ2v) is 10.8. The van der Waals surface area contributed by atoms with Gasteiger partial charge in [0.2, 0.25) is 0 Å². The van der Waals surface area contributed by atoms with Crippen molar-refractivity contribution < 1.29 is 4.79 Å². The van der Waals surface area contributed by atoms with E-state index in [1.165, 1.54) is 22.3 Å². The van der Waals surface area contributed by atoms with Crippen LogP contribution >= 0.6 is 0 Å². The van der Waals surface area contributed by atoms with Crippen LogP contribution < -0.4 is 16.2 Å². The van der Waals surface area contributed by atoms with Gasteiger partial charge in [0, 0.05) is 62.8 Å². The number of likely N-dealkylation sites (tertiary alicyclic amines) is 2. The Bertz CT molecular complexity index is 1220. The van der Waals surface area contributed by atoms with Crippen LogP contribution in [0.15, 0.2) is 48.9 Å². The predicted molar refractivity (Wildman–Crippen MR) is 140 cm³/mol. The fraction of sp³-hybridized carbons (Fsp3) is 0.500. The van der Waals surface area contributed by atoms with Crippen LogP contribution in [0, 0.1) is 19.8 Å². The van der Waals surface area contributed by atoms with Gasteiger partial charge in [-0.3, -0.25) is 10.3 Å². The fourth-order valence-corrected chi connectivity index (χ4v) is 6.34. The van der Waals surface area contributed by atoms with Crippen molar-refractivity contribution in [2.75, 3.05) is 26.2 Å². The van der Waals surface area contributed by atoms with Crippen molar-refractivity contribution >= 4 is 11.7 Å². The second-order valence-electron chi connectivity index (χ2n) is 10.8. The first-order chi connectivity index (χ1) is 17.5. The van der Waals surface area contributed by atoms with Crippen LogP contribution in [-0.4, -0.2) is 63.5 Å². The molecule has 8 nitrogen and oxygen atoms in total. The lowest BCUT2D eigenvalue weighted by Gasteiger charge is -2.38. The van der Waals surface area contributed by atoms with Crippen LogP contribution in [-0.2, 0) is 6.54 Å². The average Bonchev–Trinajstić information content (AvgIpc) is 3.52. The minimum absolute atomic E-state index is 0.0862. The van der Waals surface area contributed by atoms with E-state index in [2.05, 4.69) is 80.8 Å². The number of urea groups is 1. The molecule has 3 aliphatic heterocycles. The minimum atomic E-state index is 0.0862. The number of piperidine rings is 2. The molecule has 1 aromatic carbocycles. The van der Waals surface area contributed by atoms with E-state index in [9.17, 15) is 4.79 Å². The van der Waals surface area contributed by atoms with E-state index in [1.807, 2.05) is 17.3 Å². The number of hydrogen-bond acceptors (Lipinski definition) is 5. The Labute approximate surface area is 213 Å². The molecule has 190 valence electrons. The third-order valence-electron chi connectivity index (χ3n) is 8.43. The van der Waals surface area contributed by atoms with Gasteiger partial charge in [0.05, 0.1) is 6.04 Å². The lowest BCUT2D eigenvalue weighted by Crippen LogP contribution is -2.55. The summed E-state index contributed by atoms with van der Waals surface area (Å²) in [4.78, 5) is 22.2. The van der Waals surface area contributed by atoms with E-state index in [4.69, 9.17) is 0 Å². The number of imidazole rings is 1. The number of carbonyl (C=O) groups excluding carboxylic acids is 1. The highest BCUT2D eigenvalue weighted by Gasteiger charge is 2.42. The Balaban J connectivity index is 1.08. The first-order valence-corrected chi connectivity index (χ1v) is 13.3. The predicted octanol–water partition coefficient (Wildman–Crippen LogP) is 3.16. The van der Waals surface area contributed by atoms with Crippen LogP contribution in [0.4, 0.5) is 4.79 Å². The molecule has 36 heavy (non-hydrogen) atoms. The Kier molecular flexibility index (Phi) is 6.41. The lowest BCUT2D eigenvalue weighted by atomic mass is 9.85. The summed E-state index contributed by atoms with van der Waals surface area (Å²) in [7, 11) is 0. The SMILES string of the molecule is Cc1cccc(C)c1CN1CCC[C@@H](NC(=O)N2CCC3NNC(c4ccc5nccn5c4)C3C2)C1. The standard InChI is InChI=1S/C28H37N7O/c1-19-5-3-6-20(2)23(19)17-33-12-4-7-22(16-33)30-28(36)35-13-10-25-24(18-35)27(32-31-25)21-8-9-26-29-11-14-34(26)15-21/h3,5-6,8-9,11,14-15,22,24-25,27,31-32H,4,7,10,12-13,16-18H2,1-2H3,(H,30,36)/t22-,24?,25?,27?/m1/s1. The van der Waals surface area contributed by atoms with Gasteiger partial charge >= 0.3 is 6.03 Å². The van der Waals surface area contributed by atoms with Crippen LogP contribution in [0.3, 0.4) is 0 Å². The highest BCUT2D eigenvalue weighted by atomic mass is 16.2. The minimum Gasteiger partial charge on any atom is -0.334 e. The van der Waals surface area contributed by atoms with E-state index in [0.29, 0.717) is 12.0 Å². The molecule has 3 aromatic rings. The molecule has 0 aliphatic carbocycles. The smallest absolute Gasteiger partial charge is 0.317 e. The van der Waals surface area contributed by atoms with Gasteiger partial charge in [0.15, 0.2) is 0 Å². The van der Waals surface area contributed by atoms with Crippen molar-refractivity contribution in [2.45, 2.75) is 57.8 Å². The number of rotatable bonds is 4. The van der Waals surface area contributed by atoms with Gasteiger partial charge in [-0.05, 0) is 68.0 Å². The zero-order chi connectivity index (χ0) is 24.6. The number of nitrogens with one attached hydrogen (secondary N) is 3. The van der Waals surface area contributed by atoms with Gasteiger partial charge in [-0.1, -0.05) is 24.3 Å². The van der Waals surface area contributed by atoms with Crippen molar-refractivity contribution in [1.29, 1.82) is 0 Å². The monoisotopic (exact) mass is 487 g/mol. The van der Waals surface area contributed by atoms with Crippen LogP contribution in [0.5, 0.6) is 0 Å². The normalized spacial score (nSPS) is 26.8. The molecular weight excluding hydrogens is 450 g/mol. The highest BCUT2D eigenvalue weighted by Crippen LogP contribution is 2.34. The van der Waals surface area contributed by atoms with Gasteiger partial charge in [-0.15, -0.1) is 0 Å². The number of nitrogens with zero attached hydrogens (tertiary/aromatic N) is 4. The largest absolute Gasteiger partial charge is 0.334 e. The van der Waals surface area contributed by atoms with Gasteiger partial charge in [0.1, 0.15) is 5.65 Å². The molecule has 5 heterocycles. The number of hydrogen-bond donors (Lipinski definition) is 3. The number of fused-ring (bicyclic) bond motifs is 2. The molecule has 2 aromatic heterocycles. The Morgan fingerprint density at radius 2 is 1.94 bits per heavy atom. The van der Waals surface area contributed by atoms with Crippen LogP contribution in [0.25, 0.3) is 5.65 Å². The molecule has 3 saturated heterocycles. The first kappa shape index (κ1) is 23.5. The average molecular weight is 488 g/mol. The van der Waals surface area contributed by atoms with Gasteiger partial charge in [-0.2, -0.15) is 0 Å². The maximum absolute atomic E-state index is 13.4. The molecule has 0 spiro atoms. The van der Waals surface area contributed by atoms with Crippen LogP contribution in [0.2, 0.25) is 0 Å². The summed E-state index contributed by atoms with van der Waals surface area (Å²) in [5.74, 6) is 0.331. The number of aryl methyl sites for hydroxylation is 2. The third-order valence-corrected chi connectivity index (χ3v) is 8.43.